The molecule has 0 saturated heterocycles. The minimum atomic E-state index is -0.570. The highest BCUT2D eigenvalue weighted by atomic mass is 32.1. The Balaban J connectivity index is 2.27. The van der Waals surface area contributed by atoms with Crippen molar-refractivity contribution in [2.24, 2.45) is 0 Å². The lowest BCUT2D eigenvalue weighted by atomic mass is 10.1. The van der Waals surface area contributed by atoms with Crippen molar-refractivity contribution in [2.75, 3.05) is 11.9 Å². The number of aryl methyl sites for hydroxylation is 1. The number of hydrogen-bond donors (Lipinski definition) is 3. The van der Waals surface area contributed by atoms with E-state index in [-0.39, 0.29) is 11.7 Å². The first-order valence-corrected chi connectivity index (χ1v) is 6.92. The summed E-state index contributed by atoms with van der Waals surface area (Å²) in [6.45, 7) is 3.62. The van der Waals surface area contributed by atoms with E-state index in [0.29, 0.717) is 18.7 Å². The summed E-state index contributed by atoms with van der Waals surface area (Å²) >= 11 is 3.78. The Morgan fingerprint density at radius 2 is 2.14 bits per heavy atom. The molecule has 1 aromatic carbocycles. The predicted octanol–water partition coefficient (Wildman–Crippen LogP) is 3.29. The summed E-state index contributed by atoms with van der Waals surface area (Å²) < 4.78 is 4.90. The number of rotatable bonds is 6. The van der Waals surface area contributed by atoms with Crippen molar-refractivity contribution in [2.45, 2.75) is 12.8 Å². The van der Waals surface area contributed by atoms with Gasteiger partial charge in [0, 0.05) is 22.9 Å². The lowest BCUT2D eigenvalue weighted by Gasteiger charge is -2.06. The van der Waals surface area contributed by atoms with Gasteiger partial charge in [0.05, 0.1) is 0 Å². The third-order valence-corrected chi connectivity index (χ3v) is 3.19. The van der Waals surface area contributed by atoms with Gasteiger partial charge in [-0.2, -0.15) is 0 Å². The average Bonchev–Trinajstić information content (AvgIpc) is 2.80. The maximum absolute atomic E-state index is 11.7. The molecule has 0 bridgehead atoms. The zero-order valence-corrected chi connectivity index (χ0v) is 12.3. The second-order valence-electron chi connectivity index (χ2n) is 4.43. The summed E-state index contributed by atoms with van der Waals surface area (Å²) in [5.41, 5.74) is 1.75. The molecule has 2 aromatic rings. The fourth-order valence-electron chi connectivity index (χ4n) is 2.07. The molecule has 0 radical (unpaired) electrons. The van der Waals surface area contributed by atoms with E-state index in [0.717, 1.165) is 16.5 Å². The maximum atomic E-state index is 11.7. The number of fused-ring (bicyclic) bond motifs is 1. The van der Waals surface area contributed by atoms with Crippen molar-refractivity contribution >= 4 is 40.6 Å². The van der Waals surface area contributed by atoms with Crippen LogP contribution in [0.3, 0.4) is 0 Å². The van der Waals surface area contributed by atoms with Gasteiger partial charge < -0.3 is 9.72 Å². The van der Waals surface area contributed by atoms with E-state index in [2.05, 4.69) is 29.5 Å². The van der Waals surface area contributed by atoms with E-state index in [4.69, 9.17) is 4.74 Å². The molecule has 0 fully saturated rings. The molecule has 2 N–H and O–H groups in total. The van der Waals surface area contributed by atoms with E-state index in [1.54, 1.807) is 0 Å². The number of nitrogens with one attached hydrogen (secondary N) is 2. The average molecular weight is 304 g/mol. The number of carbonyl (C=O) groups is 2. The van der Waals surface area contributed by atoms with Gasteiger partial charge in [0.2, 0.25) is 0 Å². The van der Waals surface area contributed by atoms with Crippen LogP contribution in [-0.4, -0.2) is 22.8 Å². The van der Waals surface area contributed by atoms with E-state index in [9.17, 15) is 9.59 Å². The van der Waals surface area contributed by atoms with E-state index >= 15 is 0 Å². The second-order valence-corrected chi connectivity index (χ2v) is 4.93. The second kappa shape index (κ2) is 6.99. The van der Waals surface area contributed by atoms with Gasteiger partial charge in [0.25, 0.3) is 0 Å². The van der Waals surface area contributed by atoms with Crippen LogP contribution in [0.1, 0.15) is 12.0 Å². The van der Waals surface area contributed by atoms with Crippen molar-refractivity contribution in [1.82, 2.24) is 4.98 Å². The highest BCUT2D eigenvalue weighted by Crippen LogP contribution is 2.27. The van der Waals surface area contributed by atoms with Gasteiger partial charge in [-0.05, 0) is 12.5 Å². The molecule has 0 aliphatic rings. The maximum Gasteiger partial charge on any atom is 0.413 e. The third-order valence-electron chi connectivity index (χ3n) is 2.96. The van der Waals surface area contributed by atoms with E-state index in [1.165, 1.54) is 6.08 Å². The Bertz CT molecular complexity index is 679. The molecule has 5 nitrogen and oxygen atoms in total. The lowest BCUT2D eigenvalue weighted by Crippen LogP contribution is -2.15. The Labute approximate surface area is 127 Å². The molecule has 0 aliphatic carbocycles. The van der Waals surface area contributed by atoms with Crippen LogP contribution in [0.2, 0.25) is 0 Å². The summed E-state index contributed by atoms with van der Waals surface area (Å²) in [5, 5.41) is 3.43. The molecule has 1 heterocycles. The van der Waals surface area contributed by atoms with Crippen LogP contribution in [0.25, 0.3) is 10.9 Å². The molecule has 110 valence electrons. The first-order chi connectivity index (χ1) is 10.1. The number of carbonyl (C=O) groups excluding carboxylic acids is 2. The fraction of sp³-hybridized carbons (Fsp3) is 0.200. The Morgan fingerprint density at radius 1 is 1.38 bits per heavy atom. The largest absolute Gasteiger partial charge is 0.445 e. The molecule has 0 atom stereocenters. The standard InChI is InChI=1S/C15H16N2O3S/c1-2-9-20-15(19)17-14-11(7-8-13(18)21)10-5-3-4-6-12(10)16-14/h2-6,16H,1,7-9H2,(H,17,19)(H,18,21). The SMILES string of the molecule is C=CCOC(=O)Nc1[nH]c2ccccc2c1CCC(=O)S. The van der Waals surface area contributed by atoms with Crippen molar-refractivity contribution in [3.63, 3.8) is 0 Å². The summed E-state index contributed by atoms with van der Waals surface area (Å²) in [5.74, 6) is 0.542. The highest BCUT2D eigenvalue weighted by Gasteiger charge is 2.14. The van der Waals surface area contributed by atoms with Crippen molar-refractivity contribution in [3.8, 4) is 0 Å². The number of ether oxygens (including phenoxy) is 1. The molecular formula is C15H16N2O3S. The number of hydrogen-bond acceptors (Lipinski definition) is 3. The van der Waals surface area contributed by atoms with Crippen LogP contribution in [0, 0.1) is 0 Å². The zero-order valence-electron chi connectivity index (χ0n) is 11.4. The Hall–Kier alpha value is -2.21. The van der Waals surface area contributed by atoms with Crippen molar-refractivity contribution in [3.05, 3.63) is 42.5 Å². The van der Waals surface area contributed by atoms with Crippen LogP contribution >= 0.6 is 12.6 Å². The van der Waals surface area contributed by atoms with Crippen molar-refractivity contribution in [1.29, 1.82) is 0 Å². The Morgan fingerprint density at radius 3 is 2.86 bits per heavy atom. The zero-order chi connectivity index (χ0) is 15.2. The quantitative estimate of drug-likeness (QED) is 0.566. The first-order valence-electron chi connectivity index (χ1n) is 6.48. The van der Waals surface area contributed by atoms with Gasteiger partial charge in [-0.1, -0.05) is 30.9 Å². The van der Waals surface area contributed by atoms with E-state index in [1.807, 2.05) is 24.3 Å². The normalized spacial score (nSPS) is 10.3. The number of aromatic amines is 1. The minimum absolute atomic E-state index is 0.135. The number of benzene rings is 1. The van der Waals surface area contributed by atoms with Gasteiger partial charge in [0.15, 0.2) is 5.12 Å². The number of thiol groups is 1. The van der Waals surface area contributed by atoms with Crippen molar-refractivity contribution < 1.29 is 14.3 Å². The van der Waals surface area contributed by atoms with Gasteiger partial charge >= 0.3 is 6.09 Å². The van der Waals surface area contributed by atoms with E-state index < -0.39 is 6.09 Å². The smallest absolute Gasteiger partial charge is 0.413 e. The lowest BCUT2D eigenvalue weighted by molar-refractivity contribution is -0.110. The summed E-state index contributed by atoms with van der Waals surface area (Å²) in [7, 11) is 0. The molecule has 2 rings (SSSR count). The van der Waals surface area contributed by atoms with Crippen LogP contribution in [-0.2, 0) is 16.0 Å². The first kappa shape index (κ1) is 15.2. The topological polar surface area (TPSA) is 71.2 Å². The molecular weight excluding hydrogens is 288 g/mol. The van der Waals surface area contributed by atoms with Gasteiger partial charge in [-0.15, -0.1) is 12.6 Å². The van der Waals surface area contributed by atoms with Gasteiger partial charge in [0.1, 0.15) is 12.4 Å². The molecule has 0 saturated carbocycles. The number of amides is 1. The summed E-state index contributed by atoms with van der Waals surface area (Å²) in [6, 6.07) is 7.64. The molecule has 6 heteroatoms. The Kier molecular flexibility index (Phi) is 5.05. The highest BCUT2D eigenvalue weighted by molar-refractivity contribution is 7.96. The third kappa shape index (κ3) is 3.88. The molecule has 1 aromatic heterocycles. The summed E-state index contributed by atoms with van der Waals surface area (Å²) in [4.78, 5) is 25.9. The number of anilines is 1. The monoisotopic (exact) mass is 304 g/mol. The number of aromatic nitrogens is 1. The molecule has 0 unspecified atom stereocenters. The number of H-pyrrole nitrogens is 1. The predicted molar refractivity (Wildman–Crippen MR) is 85.8 cm³/mol. The van der Waals surface area contributed by atoms with Crippen LogP contribution in [0.15, 0.2) is 36.9 Å². The molecule has 1 amide bonds. The van der Waals surface area contributed by atoms with Gasteiger partial charge in [-0.3, -0.25) is 10.1 Å². The van der Waals surface area contributed by atoms with Crippen LogP contribution in [0.4, 0.5) is 10.6 Å². The fourth-order valence-corrected chi connectivity index (χ4v) is 2.18. The van der Waals surface area contributed by atoms with Crippen LogP contribution < -0.4 is 5.32 Å². The number of para-hydroxylation sites is 1. The minimum Gasteiger partial charge on any atom is -0.445 e. The molecule has 0 aliphatic heterocycles. The van der Waals surface area contributed by atoms with Gasteiger partial charge in [-0.25, -0.2) is 4.79 Å². The summed E-state index contributed by atoms with van der Waals surface area (Å²) in [6.07, 6.45) is 1.70. The van der Waals surface area contributed by atoms with Crippen LogP contribution in [0.5, 0.6) is 0 Å². The molecule has 0 spiro atoms. The molecule has 21 heavy (non-hydrogen) atoms.